The number of carbonyl (C=O) groups excluding carboxylic acids is 2. The van der Waals surface area contributed by atoms with Gasteiger partial charge in [0.25, 0.3) is 0 Å². The first kappa shape index (κ1) is 21.0. The van der Waals surface area contributed by atoms with Crippen LogP contribution in [0.5, 0.6) is 0 Å². The molecule has 6 heteroatoms. The zero-order valence-corrected chi connectivity index (χ0v) is 18.2. The predicted molar refractivity (Wildman–Crippen MR) is 140 cm³/mol. The molecule has 0 heterocycles. The number of urea groups is 2. The molecule has 6 nitrogen and oxygen atoms in total. The molecule has 4 N–H and O–H groups in total. The molecule has 0 radical (unpaired) electrons. The van der Waals surface area contributed by atoms with Crippen LogP contribution in [0.2, 0.25) is 0 Å². The van der Waals surface area contributed by atoms with E-state index in [0.29, 0.717) is 22.7 Å². The van der Waals surface area contributed by atoms with Crippen molar-refractivity contribution in [3.8, 4) is 0 Å². The van der Waals surface area contributed by atoms with Crippen molar-refractivity contribution in [2.24, 2.45) is 0 Å². The quantitative estimate of drug-likeness (QED) is 0.219. The summed E-state index contributed by atoms with van der Waals surface area (Å²) in [4.78, 5) is 25.2. The highest BCUT2D eigenvalue weighted by atomic mass is 16.2. The summed E-state index contributed by atoms with van der Waals surface area (Å²) in [6, 6.07) is 33.5. The van der Waals surface area contributed by atoms with Crippen molar-refractivity contribution in [1.82, 2.24) is 0 Å². The highest BCUT2D eigenvalue weighted by Crippen LogP contribution is 2.32. The third-order valence-corrected chi connectivity index (χ3v) is 5.44. The number of hydrogen-bond donors (Lipinski definition) is 4. The minimum atomic E-state index is -0.326. The third kappa shape index (κ3) is 4.66. The van der Waals surface area contributed by atoms with Crippen LogP contribution in [-0.4, -0.2) is 12.1 Å². The molecule has 0 bridgehead atoms. The number of carbonyl (C=O) groups is 2. The number of nitrogens with one attached hydrogen (secondary N) is 4. The maximum atomic E-state index is 12.6. The summed E-state index contributed by atoms with van der Waals surface area (Å²) < 4.78 is 0. The second-order valence-corrected chi connectivity index (χ2v) is 7.80. The fraction of sp³-hybridized carbons (Fsp3) is 0. The van der Waals surface area contributed by atoms with E-state index in [1.807, 2.05) is 109 Å². The SMILES string of the molecule is O=C(Nc1ccccc1)Nc1cccc2cc3cccc(NC(=O)Nc4ccccc4)c3cc12. The van der Waals surface area contributed by atoms with Crippen LogP contribution in [0.4, 0.5) is 32.3 Å². The fourth-order valence-corrected chi connectivity index (χ4v) is 3.88. The van der Waals surface area contributed by atoms with E-state index in [-0.39, 0.29) is 12.1 Å². The summed E-state index contributed by atoms with van der Waals surface area (Å²) >= 11 is 0. The van der Waals surface area contributed by atoms with Crippen molar-refractivity contribution in [2.45, 2.75) is 0 Å². The van der Waals surface area contributed by atoms with Crippen LogP contribution in [0.25, 0.3) is 21.5 Å². The molecule has 5 aromatic rings. The average Bonchev–Trinajstić information content (AvgIpc) is 2.84. The zero-order valence-electron chi connectivity index (χ0n) is 18.2. The molecule has 0 saturated carbocycles. The molecule has 5 rings (SSSR count). The van der Waals surface area contributed by atoms with Crippen LogP contribution in [0.15, 0.2) is 109 Å². The van der Waals surface area contributed by atoms with Crippen molar-refractivity contribution in [1.29, 1.82) is 0 Å². The molecule has 0 aliphatic heterocycles. The van der Waals surface area contributed by atoms with Crippen molar-refractivity contribution < 1.29 is 9.59 Å². The molecule has 0 saturated heterocycles. The van der Waals surface area contributed by atoms with E-state index in [2.05, 4.69) is 21.3 Å². The lowest BCUT2D eigenvalue weighted by Crippen LogP contribution is -2.19. The average molecular weight is 447 g/mol. The van der Waals surface area contributed by atoms with Crippen molar-refractivity contribution in [3.05, 3.63) is 109 Å². The maximum Gasteiger partial charge on any atom is 0.323 e. The molecule has 0 atom stereocenters. The van der Waals surface area contributed by atoms with Crippen LogP contribution in [-0.2, 0) is 0 Å². The van der Waals surface area contributed by atoms with Gasteiger partial charge in [0.2, 0.25) is 0 Å². The summed E-state index contributed by atoms with van der Waals surface area (Å²) in [6.07, 6.45) is 0. The van der Waals surface area contributed by atoms with Gasteiger partial charge in [0.1, 0.15) is 0 Å². The van der Waals surface area contributed by atoms with Gasteiger partial charge >= 0.3 is 12.1 Å². The van der Waals surface area contributed by atoms with Crippen LogP contribution in [0.1, 0.15) is 0 Å². The Morgan fingerprint density at radius 1 is 0.441 bits per heavy atom. The Labute approximate surface area is 196 Å². The summed E-state index contributed by atoms with van der Waals surface area (Å²) in [5.74, 6) is 0. The van der Waals surface area contributed by atoms with Gasteiger partial charge in [-0.2, -0.15) is 0 Å². The van der Waals surface area contributed by atoms with E-state index in [1.165, 1.54) is 0 Å². The van der Waals surface area contributed by atoms with Crippen molar-refractivity contribution >= 4 is 56.4 Å². The Morgan fingerprint density at radius 3 is 1.32 bits per heavy atom. The number of hydrogen-bond acceptors (Lipinski definition) is 2. The Kier molecular flexibility index (Phi) is 5.78. The minimum Gasteiger partial charge on any atom is -0.308 e. The first-order chi connectivity index (χ1) is 16.7. The maximum absolute atomic E-state index is 12.6. The summed E-state index contributed by atoms with van der Waals surface area (Å²) in [6.45, 7) is 0. The van der Waals surface area contributed by atoms with Gasteiger partial charge in [0, 0.05) is 22.1 Å². The summed E-state index contributed by atoms with van der Waals surface area (Å²) in [5, 5.41) is 15.3. The van der Waals surface area contributed by atoms with Gasteiger partial charge in [0.15, 0.2) is 0 Å². The minimum absolute atomic E-state index is 0.326. The van der Waals surface area contributed by atoms with E-state index in [9.17, 15) is 9.59 Å². The molecular weight excluding hydrogens is 424 g/mol. The molecule has 4 amide bonds. The summed E-state index contributed by atoms with van der Waals surface area (Å²) in [5.41, 5.74) is 2.77. The lowest BCUT2D eigenvalue weighted by atomic mass is 10.0. The number of benzene rings is 5. The largest absolute Gasteiger partial charge is 0.323 e. The standard InChI is InChI=1S/C28H22N4O2/c33-27(29-21-11-3-1-4-12-21)31-25-15-7-9-19-17-20-10-8-16-26(24(20)18-23(19)25)32-28(34)30-22-13-5-2-6-14-22/h1-18H,(H2,29,31,33)(H2,30,32,34). The number of rotatable bonds is 4. The number of amides is 4. The van der Waals surface area contributed by atoms with Crippen LogP contribution in [0, 0.1) is 0 Å². The molecule has 0 aliphatic rings. The molecule has 0 aromatic heterocycles. The predicted octanol–water partition coefficient (Wildman–Crippen LogP) is 7.28. The van der Waals surface area contributed by atoms with Gasteiger partial charge in [0.05, 0.1) is 11.4 Å². The molecule has 5 aromatic carbocycles. The molecule has 34 heavy (non-hydrogen) atoms. The second-order valence-electron chi connectivity index (χ2n) is 7.80. The van der Waals surface area contributed by atoms with Crippen LogP contribution < -0.4 is 21.3 Å². The van der Waals surface area contributed by atoms with Crippen molar-refractivity contribution in [2.75, 3.05) is 21.3 Å². The first-order valence-electron chi connectivity index (χ1n) is 10.9. The lowest BCUT2D eigenvalue weighted by Gasteiger charge is -2.14. The summed E-state index contributed by atoms with van der Waals surface area (Å²) in [7, 11) is 0. The van der Waals surface area contributed by atoms with Gasteiger partial charge in [-0.05, 0) is 59.3 Å². The molecule has 0 unspecified atom stereocenters. The molecule has 0 aliphatic carbocycles. The zero-order chi connectivity index (χ0) is 23.3. The van der Waals surface area contributed by atoms with Gasteiger partial charge in [-0.15, -0.1) is 0 Å². The van der Waals surface area contributed by atoms with Crippen LogP contribution >= 0.6 is 0 Å². The van der Waals surface area contributed by atoms with Gasteiger partial charge in [-0.3, -0.25) is 0 Å². The third-order valence-electron chi connectivity index (χ3n) is 5.44. The van der Waals surface area contributed by atoms with E-state index in [4.69, 9.17) is 0 Å². The second kappa shape index (κ2) is 9.34. The van der Waals surface area contributed by atoms with Crippen molar-refractivity contribution in [3.63, 3.8) is 0 Å². The Bertz CT molecular complexity index is 1370. The highest BCUT2D eigenvalue weighted by molar-refractivity contribution is 6.13. The van der Waals surface area contributed by atoms with Gasteiger partial charge < -0.3 is 21.3 Å². The van der Waals surface area contributed by atoms with E-state index in [1.54, 1.807) is 0 Å². The van der Waals surface area contributed by atoms with E-state index >= 15 is 0 Å². The normalized spacial score (nSPS) is 10.6. The topological polar surface area (TPSA) is 82.3 Å². The molecule has 0 fully saturated rings. The van der Waals surface area contributed by atoms with E-state index < -0.39 is 0 Å². The Hall–Kier alpha value is -4.84. The monoisotopic (exact) mass is 446 g/mol. The molecule has 0 spiro atoms. The van der Waals surface area contributed by atoms with E-state index in [0.717, 1.165) is 21.5 Å². The highest BCUT2D eigenvalue weighted by Gasteiger charge is 2.11. The Morgan fingerprint density at radius 2 is 0.882 bits per heavy atom. The van der Waals surface area contributed by atoms with Crippen LogP contribution in [0.3, 0.4) is 0 Å². The van der Waals surface area contributed by atoms with Gasteiger partial charge in [-0.1, -0.05) is 60.7 Å². The number of anilines is 4. The smallest absolute Gasteiger partial charge is 0.308 e. The fourth-order valence-electron chi connectivity index (χ4n) is 3.88. The number of para-hydroxylation sites is 2. The molecular formula is C28H22N4O2. The number of fused-ring (bicyclic) bond motifs is 2. The first-order valence-corrected chi connectivity index (χ1v) is 10.9. The Balaban J connectivity index is 1.44. The lowest BCUT2D eigenvalue weighted by molar-refractivity contribution is 0.261. The van der Waals surface area contributed by atoms with Gasteiger partial charge in [-0.25, -0.2) is 9.59 Å². The molecule has 166 valence electrons.